The highest BCUT2D eigenvalue weighted by molar-refractivity contribution is 5.84. The molecule has 1 heterocycles. The van der Waals surface area contributed by atoms with Gasteiger partial charge in [0.1, 0.15) is 5.82 Å². The maximum atomic E-state index is 13.6. The summed E-state index contributed by atoms with van der Waals surface area (Å²) in [5.41, 5.74) is 3.00. The number of hydrogen-bond donors (Lipinski definition) is 0. The van der Waals surface area contributed by atoms with Crippen molar-refractivity contribution in [1.82, 2.24) is 14.4 Å². The molecule has 0 saturated carbocycles. The molecule has 0 aliphatic heterocycles. The van der Waals surface area contributed by atoms with E-state index in [1.165, 1.54) is 12.1 Å². The molecule has 2 amide bonds. The molecule has 0 saturated heterocycles. The summed E-state index contributed by atoms with van der Waals surface area (Å²) in [5.74, 6) is -0.0359. The minimum absolute atomic E-state index is 0.0221. The Bertz CT molecular complexity index is 1080. The van der Waals surface area contributed by atoms with Gasteiger partial charge in [0.2, 0.25) is 11.8 Å². The van der Waals surface area contributed by atoms with Crippen molar-refractivity contribution in [1.29, 1.82) is 0 Å². The first kappa shape index (κ1) is 26.2. The van der Waals surface area contributed by atoms with Crippen LogP contribution in [0.25, 0.3) is 0 Å². The topological polar surface area (TPSA) is 45.6 Å². The molecule has 0 N–H and O–H groups in total. The summed E-state index contributed by atoms with van der Waals surface area (Å²) in [4.78, 5) is 29.8. The Kier molecular flexibility index (Phi) is 9.65. The van der Waals surface area contributed by atoms with Gasteiger partial charge in [0.25, 0.3) is 0 Å². The van der Waals surface area contributed by atoms with Crippen molar-refractivity contribution in [2.45, 2.75) is 53.2 Å². The van der Waals surface area contributed by atoms with Crippen molar-refractivity contribution in [2.75, 3.05) is 13.1 Å². The number of halogens is 1. The highest BCUT2D eigenvalue weighted by atomic mass is 19.1. The Hall–Kier alpha value is -3.41. The van der Waals surface area contributed by atoms with Crippen LogP contribution >= 0.6 is 0 Å². The summed E-state index contributed by atoms with van der Waals surface area (Å²) in [5, 5.41) is 0. The van der Waals surface area contributed by atoms with Crippen molar-refractivity contribution < 1.29 is 14.0 Å². The third-order valence-corrected chi connectivity index (χ3v) is 5.84. The zero-order valence-electron chi connectivity index (χ0n) is 21.0. The lowest BCUT2D eigenvalue weighted by molar-refractivity contribution is -0.141. The predicted octanol–water partition coefficient (Wildman–Crippen LogP) is 5.49. The number of aromatic nitrogens is 1. The largest absolute Gasteiger partial charge is 0.345 e. The molecular weight excluding hydrogens is 441 g/mol. The Morgan fingerprint density at radius 1 is 0.857 bits per heavy atom. The fraction of sp³-hybridized carbons (Fsp3) is 0.379. The number of benzene rings is 2. The molecule has 1 aromatic heterocycles. The molecule has 186 valence electrons. The molecule has 0 atom stereocenters. The van der Waals surface area contributed by atoms with Crippen LogP contribution in [-0.4, -0.2) is 39.3 Å². The first-order valence-corrected chi connectivity index (χ1v) is 12.3. The fourth-order valence-electron chi connectivity index (χ4n) is 4.10. The summed E-state index contributed by atoms with van der Waals surface area (Å²) >= 11 is 0. The summed E-state index contributed by atoms with van der Waals surface area (Å²) < 4.78 is 15.4. The number of carbonyl (C=O) groups is 2. The quantitative estimate of drug-likeness (QED) is 0.346. The van der Waals surface area contributed by atoms with E-state index in [1.54, 1.807) is 17.0 Å². The van der Waals surface area contributed by atoms with Gasteiger partial charge >= 0.3 is 0 Å². The number of carbonyl (C=O) groups excluding carboxylic acids is 2. The molecule has 0 aliphatic rings. The van der Waals surface area contributed by atoms with E-state index in [1.807, 2.05) is 60.5 Å². The molecule has 0 bridgehead atoms. The van der Waals surface area contributed by atoms with Gasteiger partial charge in [-0.15, -0.1) is 0 Å². The highest BCUT2D eigenvalue weighted by Gasteiger charge is 2.23. The van der Waals surface area contributed by atoms with E-state index in [0.29, 0.717) is 32.6 Å². The van der Waals surface area contributed by atoms with Gasteiger partial charge in [-0.1, -0.05) is 63.2 Å². The lowest BCUT2D eigenvalue weighted by Gasteiger charge is -2.29. The fourth-order valence-corrected chi connectivity index (χ4v) is 4.10. The van der Waals surface area contributed by atoms with Gasteiger partial charge in [-0.25, -0.2) is 4.39 Å². The number of amides is 2. The average Bonchev–Trinajstić information content (AvgIpc) is 3.26. The first-order valence-electron chi connectivity index (χ1n) is 12.3. The Morgan fingerprint density at radius 3 is 2.23 bits per heavy atom. The van der Waals surface area contributed by atoms with Gasteiger partial charge < -0.3 is 14.4 Å². The first-order chi connectivity index (χ1) is 16.9. The van der Waals surface area contributed by atoms with E-state index in [2.05, 4.69) is 18.4 Å². The number of nitrogens with zero attached hydrogens (tertiary/aromatic N) is 3. The molecule has 35 heavy (non-hydrogen) atoms. The van der Waals surface area contributed by atoms with Gasteiger partial charge in [0.15, 0.2) is 0 Å². The maximum Gasteiger partial charge on any atom is 0.242 e. The van der Waals surface area contributed by atoms with Crippen molar-refractivity contribution in [2.24, 2.45) is 5.92 Å². The minimum atomic E-state index is -0.260. The lowest BCUT2D eigenvalue weighted by Crippen LogP contribution is -2.44. The minimum Gasteiger partial charge on any atom is -0.345 e. The SMILES string of the molecule is CCCC(=O)N(CC(=O)N(Cc1ccccc1)Cc1cccn1Cc1ccc(F)cc1)CC(C)C. The van der Waals surface area contributed by atoms with Crippen molar-refractivity contribution in [3.05, 3.63) is 95.6 Å². The molecule has 0 unspecified atom stereocenters. The van der Waals surface area contributed by atoms with Crippen LogP contribution < -0.4 is 0 Å². The zero-order chi connectivity index (χ0) is 25.2. The van der Waals surface area contributed by atoms with E-state index in [-0.39, 0.29) is 30.1 Å². The second kappa shape index (κ2) is 12.9. The van der Waals surface area contributed by atoms with Crippen LogP contribution in [0.4, 0.5) is 4.39 Å². The van der Waals surface area contributed by atoms with Gasteiger partial charge in [0.05, 0.1) is 13.1 Å². The summed E-state index contributed by atoms with van der Waals surface area (Å²) in [6.07, 6.45) is 3.17. The van der Waals surface area contributed by atoms with Crippen LogP contribution in [-0.2, 0) is 29.2 Å². The lowest BCUT2D eigenvalue weighted by atomic mass is 10.1. The van der Waals surface area contributed by atoms with E-state index >= 15 is 0 Å². The average molecular weight is 478 g/mol. The second-order valence-electron chi connectivity index (χ2n) is 9.41. The molecule has 5 nitrogen and oxygen atoms in total. The summed E-state index contributed by atoms with van der Waals surface area (Å²) in [6.45, 7) is 8.18. The third kappa shape index (κ3) is 8.09. The van der Waals surface area contributed by atoms with E-state index < -0.39 is 0 Å². The van der Waals surface area contributed by atoms with Crippen LogP contribution in [0.1, 0.15) is 50.4 Å². The third-order valence-electron chi connectivity index (χ3n) is 5.84. The normalized spacial score (nSPS) is 11.0. The Balaban J connectivity index is 1.81. The Labute approximate surface area is 208 Å². The molecular formula is C29H36FN3O2. The molecule has 0 fully saturated rings. The van der Waals surface area contributed by atoms with Gasteiger partial charge in [0, 0.05) is 37.9 Å². The second-order valence-corrected chi connectivity index (χ2v) is 9.41. The number of hydrogen-bond acceptors (Lipinski definition) is 2. The van der Waals surface area contributed by atoms with Crippen molar-refractivity contribution in [3.63, 3.8) is 0 Å². The van der Waals surface area contributed by atoms with E-state index in [0.717, 1.165) is 23.2 Å². The number of rotatable bonds is 12. The van der Waals surface area contributed by atoms with Crippen molar-refractivity contribution in [3.8, 4) is 0 Å². The highest BCUT2D eigenvalue weighted by Crippen LogP contribution is 2.15. The molecule has 2 aromatic carbocycles. The Morgan fingerprint density at radius 2 is 1.57 bits per heavy atom. The van der Waals surface area contributed by atoms with Gasteiger partial charge in [-0.05, 0) is 47.7 Å². The van der Waals surface area contributed by atoms with Gasteiger partial charge in [-0.2, -0.15) is 0 Å². The van der Waals surface area contributed by atoms with Crippen LogP contribution in [0, 0.1) is 11.7 Å². The molecule has 3 aromatic rings. The van der Waals surface area contributed by atoms with Crippen LogP contribution in [0.15, 0.2) is 72.9 Å². The maximum absolute atomic E-state index is 13.6. The standard InChI is InChI=1S/C29H36FN3O2/c1-4-9-28(34)32(18-23(2)3)22-29(35)33(20-24-10-6-5-7-11-24)21-27-12-8-17-31(27)19-25-13-15-26(30)16-14-25/h5-8,10-17,23H,4,9,18-22H2,1-3H3. The monoisotopic (exact) mass is 477 g/mol. The van der Waals surface area contributed by atoms with Crippen molar-refractivity contribution >= 4 is 11.8 Å². The predicted molar refractivity (Wildman–Crippen MR) is 137 cm³/mol. The molecule has 6 heteroatoms. The van der Waals surface area contributed by atoms with Crippen LogP contribution in [0.2, 0.25) is 0 Å². The molecule has 0 radical (unpaired) electrons. The summed E-state index contributed by atoms with van der Waals surface area (Å²) in [7, 11) is 0. The van der Waals surface area contributed by atoms with Crippen LogP contribution in [0.5, 0.6) is 0 Å². The zero-order valence-corrected chi connectivity index (χ0v) is 21.0. The smallest absolute Gasteiger partial charge is 0.242 e. The molecule has 0 aliphatic carbocycles. The molecule has 0 spiro atoms. The molecule has 3 rings (SSSR count). The van der Waals surface area contributed by atoms with Crippen LogP contribution in [0.3, 0.4) is 0 Å². The van der Waals surface area contributed by atoms with Gasteiger partial charge in [-0.3, -0.25) is 9.59 Å². The summed E-state index contributed by atoms with van der Waals surface area (Å²) in [6, 6.07) is 20.3. The van der Waals surface area contributed by atoms with E-state index in [9.17, 15) is 14.0 Å². The van der Waals surface area contributed by atoms with E-state index in [4.69, 9.17) is 0 Å².